The lowest BCUT2D eigenvalue weighted by molar-refractivity contribution is -0.274. The summed E-state index contributed by atoms with van der Waals surface area (Å²) < 4.78 is 46.7. The molecule has 1 unspecified atom stereocenters. The van der Waals surface area contributed by atoms with E-state index in [1.54, 1.807) is 0 Å². The SMILES string of the molecule is CN1[C@@H]2CC[C@H]1CC(Oc1cc(Cl)cc(OC(F)(F)F)c1)C2. The lowest BCUT2D eigenvalue weighted by Gasteiger charge is -2.36. The van der Waals surface area contributed by atoms with E-state index in [0.29, 0.717) is 17.8 Å². The number of fused-ring (bicyclic) bond motifs is 2. The summed E-state index contributed by atoms with van der Waals surface area (Å²) in [5.41, 5.74) is 0. The molecule has 0 saturated carbocycles. The van der Waals surface area contributed by atoms with E-state index >= 15 is 0 Å². The molecule has 2 aliphatic heterocycles. The van der Waals surface area contributed by atoms with Gasteiger partial charge in [-0.25, -0.2) is 0 Å². The number of piperidine rings is 1. The molecule has 2 fully saturated rings. The van der Waals surface area contributed by atoms with Crippen molar-refractivity contribution in [3.63, 3.8) is 0 Å². The zero-order chi connectivity index (χ0) is 15.9. The van der Waals surface area contributed by atoms with Gasteiger partial charge in [0.05, 0.1) is 0 Å². The molecule has 2 aliphatic rings. The van der Waals surface area contributed by atoms with Gasteiger partial charge >= 0.3 is 6.36 Å². The van der Waals surface area contributed by atoms with Gasteiger partial charge in [-0.1, -0.05) is 11.6 Å². The van der Waals surface area contributed by atoms with Crippen LogP contribution >= 0.6 is 11.6 Å². The second-order valence-electron chi connectivity index (χ2n) is 5.93. The number of nitrogens with zero attached hydrogens (tertiary/aromatic N) is 1. The third-order valence-corrected chi connectivity index (χ3v) is 4.65. The Balaban J connectivity index is 1.70. The maximum atomic E-state index is 12.3. The van der Waals surface area contributed by atoms with Crippen LogP contribution in [0.3, 0.4) is 0 Å². The maximum absolute atomic E-state index is 12.3. The summed E-state index contributed by atoms with van der Waals surface area (Å²) in [6.07, 6.45) is -0.665. The van der Waals surface area contributed by atoms with Gasteiger partial charge in [0, 0.05) is 23.2 Å². The van der Waals surface area contributed by atoms with E-state index in [4.69, 9.17) is 16.3 Å². The molecule has 0 spiro atoms. The molecule has 0 aromatic heterocycles. The number of hydrogen-bond acceptors (Lipinski definition) is 3. The summed E-state index contributed by atoms with van der Waals surface area (Å²) >= 11 is 5.85. The van der Waals surface area contributed by atoms with Crippen molar-refractivity contribution in [3.05, 3.63) is 23.2 Å². The van der Waals surface area contributed by atoms with Crippen molar-refractivity contribution >= 4 is 11.6 Å². The quantitative estimate of drug-likeness (QED) is 0.824. The van der Waals surface area contributed by atoms with Gasteiger partial charge in [-0.3, -0.25) is 0 Å². The normalized spacial score (nSPS) is 28.7. The first kappa shape index (κ1) is 15.7. The molecule has 0 aliphatic carbocycles. The summed E-state index contributed by atoms with van der Waals surface area (Å²) in [5, 5.41) is 0.160. The molecule has 0 radical (unpaired) electrons. The third-order valence-electron chi connectivity index (χ3n) is 4.44. The number of halogens is 4. The smallest absolute Gasteiger partial charge is 0.490 e. The highest BCUT2D eigenvalue weighted by atomic mass is 35.5. The van der Waals surface area contributed by atoms with Crippen LogP contribution in [0.5, 0.6) is 11.5 Å². The zero-order valence-electron chi connectivity index (χ0n) is 12.1. The first-order valence-electron chi connectivity index (χ1n) is 7.25. The van der Waals surface area contributed by atoms with Crippen LogP contribution in [0.1, 0.15) is 25.7 Å². The summed E-state index contributed by atoms with van der Waals surface area (Å²) in [6, 6.07) is 4.87. The van der Waals surface area contributed by atoms with E-state index in [9.17, 15) is 13.2 Å². The van der Waals surface area contributed by atoms with Crippen LogP contribution in [0, 0.1) is 0 Å². The highest BCUT2D eigenvalue weighted by Gasteiger charge is 2.39. The Morgan fingerprint density at radius 2 is 1.68 bits per heavy atom. The van der Waals surface area contributed by atoms with E-state index in [0.717, 1.165) is 31.7 Å². The number of benzene rings is 1. The Bertz CT molecular complexity index is 538. The van der Waals surface area contributed by atoms with Crippen LogP contribution < -0.4 is 9.47 Å². The second-order valence-corrected chi connectivity index (χ2v) is 6.37. The molecule has 0 amide bonds. The summed E-state index contributed by atoms with van der Waals surface area (Å²) in [6.45, 7) is 0. The Hall–Kier alpha value is -1.14. The van der Waals surface area contributed by atoms with Crippen LogP contribution in [0.2, 0.25) is 5.02 Å². The first-order valence-corrected chi connectivity index (χ1v) is 7.63. The minimum Gasteiger partial charge on any atom is -0.490 e. The lowest BCUT2D eigenvalue weighted by Crippen LogP contribution is -2.43. The molecule has 2 saturated heterocycles. The molecular weight excluding hydrogens is 319 g/mol. The fourth-order valence-electron chi connectivity index (χ4n) is 3.45. The highest BCUT2D eigenvalue weighted by Crippen LogP contribution is 2.37. The standard InChI is InChI=1S/C15H17ClF3NO2/c1-20-10-2-3-11(20)7-13(6-10)21-12-4-9(16)5-14(8-12)22-15(17,18)19/h4-5,8,10-11,13H,2-3,6-7H2,1H3/t10-,11+,13?. The van der Waals surface area contributed by atoms with Crippen LogP contribution in [0.15, 0.2) is 18.2 Å². The fraction of sp³-hybridized carbons (Fsp3) is 0.600. The van der Waals surface area contributed by atoms with E-state index < -0.39 is 6.36 Å². The summed E-state index contributed by atoms with van der Waals surface area (Å²) in [7, 11) is 2.12. The minimum atomic E-state index is -4.74. The van der Waals surface area contributed by atoms with Crippen molar-refractivity contribution < 1.29 is 22.6 Å². The molecule has 3 atom stereocenters. The van der Waals surface area contributed by atoms with Gasteiger partial charge in [0.2, 0.25) is 0 Å². The number of hydrogen-bond donors (Lipinski definition) is 0. The maximum Gasteiger partial charge on any atom is 0.573 e. The van der Waals surface area contributed by atoms with Gasteiger partial charge in [0.1, 0.15) is 17.6 Å². The predicted molar refractivity (Wildman–Crippen MR) is 76.4 cm³/mol. The zero-order valence-corrected chi connectivity index (χ0v) is 12.8. The largest absolute Gasteiger partial charge is 0.573 e. The fourth-order valence-corrected chi connectivity index (χ4v) is 3.66. The average Bonchev–Trinajstić information content (AvgIpc) is 2.58. The Morgan fingerprint density at radius 3 is 2.27 bits per heavy atom. The summed E-state index contributed by atoms with van der Waals surface area (Å²) in [5.74, 6) is -0.0356. The predicted octanol–water partition coefficient (Wildman–Crippen LogP) is 4.24. The number of alkyl halides is 3. The molecule has 122 valence electrons. The molecule has 3 nitrogen and oxygen atoms in total. The molecular formula is C15H17ClF3NO2. The van der Waals surface area contributed by atoms with E-state index in [2.05, 4.69) is 16.7 Å². The van der Waals surface area contributed by atoms with Gasteiger partial charge in [-0.05, 0) is 44.9 Å². The van der Waals surface area contributed by atoms with E-state index in [-0.39, 0.29) is 16.9 Å². The molecule has 1 aromatic rings. The van der Waals surface area contributed by atoms with Gasteiger partial charge in [0.25, 0.3) is 0 Å². The van der Waals surface area contributed by atoms with E-state index in [1.807, 2.05) is 0 Å². The average molecular weight is 336 g/mol. The van der Waals surface area contributed by atoms with Crippen molar-refractivity contribution in [3.8, 4) is 11.5 Å². The molecule has 7 heteroatoms. The first-order chi connectivity index (χ1) is 10.3. The van der Waals surface area contributed by atoms with Gasteiger partial charge in [-0.2, -0.15) is 0 Å². The van der Waals surface area contributed by atoms with Gasteiger partial charge in [0.15, 0.2) is 0 Å². The van der Waals surface area contributed by atoms with Gasteiger partial charge in [-0.15, -0.1) is 13.2 Å². The molecule has 1 aromatic carbocycles. The van der Waals surface area contributed by atoms with Crippen molar-refractivity contribution in [2.24, 2.45) is 0 Å². The molecule has 3 rings (SSSR count). The number of ether oxygens (including phenoxy) is 2. The van der Waals surface area contributed by atoms with Crippen LogP contribution in [0.25, 0.3) is 0 Å². The highest BCUT2D eigenvalue weighted by molar-refractivity contribution is 6.30. The molecule has 22 heavy (non-hydrogen) atoms. The van der Waals surface area contributed by atoms with Crippen molar-refractivity contribution in [2.45, 2.75) is 50.2 Å². The Kier molecular flexibility index (Phi) is 4.16. The topological polar surface area (TPSA) is 21.7 Å². The Morgan fingerprint density at radius 1 is 1.09 bits per heavy atom. The van der Waals surface area contributed by atoms with E-state index in [1.165, 1.54) is 12.1 Å². The van der Waals surface area contributed by atoms with Crippen molar-refractivity contribution in [2.75, 3.05) is 7.05 Å². The number of rotatable bonds is 3. The van der Waals surface area contributed by atoms with Crippen LogP contribution in [-0.4, -0.2) is 36.5 Å². The lowest BCUT2D eigenvalue weighted by atomic mass is 10.0. The van der Waals surface area contributed by atoms with Crippen LogP contribution in [0.4, 0.5) is 13.2 Å². The Labute approximate surface area is 131 Å². The van der Waals surface area contributed by atoms with Gasteiger partial charge < -0.3 is 14.4 Å². The summed E-state index contributed by atoms with van der Waals surface area (Å²) in [4.78, 5) is 2.37. The molecule has 2 heterocycles. The van der Waals surface area contributed by atoms with Crippen molar-refractivity contribution in [1.82, 2.24) is 4.90 Å². The molecule has 0 N–H and O–H groups in total. The second kappa shape index (κ2) is 5.81. The minimum absolute atomic E-state index is 0.00547. The van der Waals surface area contributed by atoms with Crippen LogP contribution in [-0.2, 0) is 0 Å². The molecule has 2 bridgehead atoms. The third kappa shape index (κ3) is 3.60. The van der Waals surface area contributed by atoms with Crippen molar-refractivity contribution in [1.29, 1.82) is 0 Å². The monoisotopic (exact) mass is 335 g/mol.